The number of likely N-dealkylation sites (N-methyl/N-ethyl adjacent to an activating group) is 1. The van der Waals surface area contributed by atoms with Crippen LogP contribution in [0.3, 0.4) is 0 Å². The largest absolute Gasteiger partial charge is 0.379 e. The molecule has 1 aromatic heterocycles. The fraction of sp³-hybridized carbons (Fsp3) is 0.750. The molecular formula is C12H21BrN4O. The van der Waals surface area contributed by atoms with E-state index < -0.39 is 0 Å². The van der Waals surface area contributed by atoms with Crippen molar-refractivity contribution in [3.05, 3.63) is 16.1 Å². The summed E-state index contributed by atoms with van der Waals surface area (Å²) < 4.78 is 8.55. The molecule has 1 unspecified atom stereocenters. The second kappa shape index (κ2) is 6.14. The van der Waals surface area contributed by atoms with Crippen molar-refractivity contribution in [2.75, 3.05) is 39.9 Å². The molecule has 2 heterocycles. The van der Waals surface area contributed by atoms with E-state index in [0.717, 1.165) is 43.3 Å². The maximum Gasteiger partial charge on any atom is 0.129 e. The molecule has 0 radical (unpaired) electrons. The fourth-order valence-corrected chi connectivity index (χ4v) is 3.22. The molecule has 1 aliphatic heterocycles. The van der Waals surface area contributed by atoms with Gasteiger partial charge in [0.25, 0.3) is 0 Å². The Hall–Kier alpha value is -0.430. The average Bonchev–Trinajstić information content (AvgIpc) is 2.62. The van der Waals surface area contributed by atoms with Crippen LogP contribution in [-0.2, 0) is 11.8 Å². The molecule has 5 nitrogen and oxygen atoms in total. The SMILES string of the molecule is CNCC(c1c(Br)nc(C)n1C)N1CCOCC1. The Morgan fingerprint density at radius 2 is 2.11 bits per heavy atom. The minimum Gasteiger partial charge on any atom is -0.379 e. The number of rotatable bonds is 4. The molecule has 0 aliphatic carbocycles. The van der Waals surface area contributed by atoms with Crippen molar-refractivity contribution in [1.29, 1.82) is 0 Å². The van der Waals surface area contributed by atoms with Gasteiger partial charge in [0, 0.05) is 26.7 Å². The van der Waals surface area contributed by atoms with Crippen LogP contribution in [0.2, 0.25) is 0 Å². The van der Waals surface area contributed by atoms with Gasteiger partial charge >= 0.3 is 0 Å². The Morgan fingerprint density at radius 1 is 1.44 bits per heavy atom. The third-order valence-electron chi connectivity index (χ3n) is 3.52. The molecule has 1 fully saturated rings. The van der Waals surface area contributed by atoms with Crippen LogP contribution in [0.4, 0.5) is 0 Å². The van der Waals surface area contributed by atoms with Crippen molar-refractivity contribution >= 4 is 15.9 Å². The van der Waals surface area contributed by atoms with E-state index in [0.29, 0.717) is 6.04 Å². The number of halogens is 1. The molecule has 0 saturated carbocycles. The molecule has 0 aromatic carbocycles. The summed E-state index contributed by atoms with van der Waals surface area (Å²) in [4.78, 5) is 6.96. The van der Waals surface area contributed by atoms with Gasteiger partial charge in [-0.1, -0.05) is 0 Å². The van der Waals surface area contributed by atoms with Crippen molar-refractivity contribution in [2.45, 2.75) is 13.0 Å². The zero-order valence-electron chi connectivity index (χ0n) is 11.2. The zero-order chi connectivity index (χ0) is 13.1. The van der Waals surface area contributed by atoms with Gasteiger partial charge in [-0.05, 0) is 29.9 Å². The van der Waals surface area contributed by atoms with Gasteiger partial charge in [-0.2, -0.15) is 0 Å². The highest BCUT2D eigenvalue weighted by molar-refractivity contribution is 9.10. The van der Waals surface area contributed by atoms with E-state index in [1.165, 1.54) is 5.69 Å². The topological polar surface area (TPSA) is 42.3 Å². The highest BCUT2D eigenvalue weighted by Gasteiger charge is 2.27. The Morgan fingerprint density at radius 3 is 2.61 bits per heavy atom. The van der Waals surface area contributed by atoms with Crippen molar-refractivity contribution in [2.24, 2.45) is 7.05 Å². The minimum absolute atomic E-state index is 0.333. The summed E-state index contributed by atoms with van der Waals surface area (Å²) in [6.45, 7) is 6.52. The number of hydrogen-bond acceptors (Lipinski definition) is 4. The summed E-state index contributed by atoms with van der Waals surface area (Å²) >= 11 is 3.59. The monoisotopic (exact) mass is 316 g/mol. The van der Waals surface area contributed by atoms with Gasteiger partial charge in [0.1, 0.15) is 10.4 Å². The number of imidazole rings is 1. The lowest BCUT2D eigenvalue weighted by Gasteiger charge is -2.34. The predicted molar refractivity (Wildman–Crippen MR) is 74.7 cm³/mol. The summed E-state index contributed by atoms with van der Waals surface area (Å²) in [7, 11) is 4.07. The van der Waals surface area contributed by atoms with Crippen LogP contribution >= 0.6 is 15.9 Å². The second-order valence-corrected chi connectivity index (χ2v) is 5.37. The van der Waals surface area contributed by atoms with Gasteiger partial charge in [-0.15, -0.1) is 0 Å². The van der Waals surface area contributed by atoms with E-state index >= 15 is 0 Å². The molecular weight excluding hydrogens is 296 g/mol. The molecule has 1 aliphatic rings. The Kier molecular flexibility index (Phi) is 4.77. The lowest BCUT2D eigenvalue weighted by molar-refractivity contribution is 0.0149. The summed E-state index contributed by atoms with van der Waals surface area (Å²) in [5.41, 5.74) is 1.24. The van der Waals surface area contributed by atoms with Gasteiger partial charge in [0.2, 0.25) is 0 Å². The average molecular weight is 317 g/mol. The van der Waals surface area contributed by atoms with Gasteiger partial charge < -0.3 is 14.6 Å². The van der Waals surface area contributed by atoms with Gasteiger partial charge in [-0.25, -0.2) is 4.98 Å². The van der Waals surface area contributed by atoms with Crippen molar-refractivity contribution < 1.29 is 4.74 Å². The first-order valence-electron chi connectivity index (χ1n) is 6.30. The lowest BCUT2D eigenvalue weighted by Crippen LogP contribution is -2.43. The number of morpholine rings is 1. The first-order valence-corrected chi connectivity index (χ1v) is 7.09. The van der Waals surface area contributed by atoms with E-state index in [1.807, 2.05) is 14.0 Å². The number of ether oxygens (including phenoxy) is 1. The number of aryl methyl sites for hydroxylation is 1. The van der Waals surface area contributed by atoms with Crippen molar-refractivity contribution in [3.63, 3.8) is 0 Å². The van der Waals surface area contributed by atoms with Crippen molar-refractivity contribution in [1.82, 2.24) is 19.8 Å². The first kappa shape index (κ1) is 14.0. The Labute approximate surface area is 117 Å². The van der Waals surface area contributed by atoms with Gasteiger partial charge in [-0.3, -0.25) is 4.90 Å². The van der Waals surface area contributed by atoms with E-state index in [2.05, 4.69) is 42.7 Å². The van der Waals surface area contributed by atoms with Crippen LogP contribution in [0.25, 0.3) is 0 Å². The van der Waals surface area contributed by atoms with Gasteiger partial charge in [0.05, 0.1) is 24.9 Å². The second-order valence-electron chi connectivity index (χ2n) is 4.62. The third-order valence-corrected chi connectivity index (χ3v) is 4.10. The highest BCUT2D eigenvalue weighted by atomic mass is 79.9. The lowest BCUT2D eigenvalue weighted by atomic mass is 10.1. The molecule has 0 amide bonds. The summed E-state index contributed by atoms with van der Waals surface area (Å²) in [6.07, 6.45) is 0. The molecule has 0 bridgehead atoms. The first-order chi connectivity index (χ1) is 8.65. The molecule has 18 heavy (non-hydrogen) atoms. The molecule has 1 aromatic rings. The molecule has 0 spiro atoms. The summed E-state index contributed by atoms with van der Waals surface area (Å²) in [6, 6.07) is 0.333. The van der Waals surface area contributed by atoms with Crippen molar-refractivity contribution in [3.8, 4) is 0 Å². The summed E-state index contributed by atoms with van der Waals surface area (Å²) in [5, 5.41) is 3.28. The Balaban J connectivity index is 2.28. The Bertz CT molecular complexity index is 401. The van der Waals surface area contributed by atoms with E-state index in [1.54, 1.807) is 0 Å². The number of hydrogen-bond donors (Lipinski definition) is 1. The van der Waals surface area contributed by atoms with Crippen LogP contribution in [-0.4, -0.2) is 54.3 Å². The zero-order valence-corrected chi connectivity index (χ0v) is 12.8. The van der Waals surface area contributed by atoms with Crippen LogP contribution in [0.5, 0.6) is 0 Å². The maximum absolute atomic E-state index is 5.43. The number of nitrogens with zero attached hydrogens (tertiary/aromatic N) is 3. The third kappa shape index (κ3) is 2.77. The maximum atomic E-state index is 5.43. The molecule has 102 valence electrons. The molecule has 1 atom stereocenters. The minimum atomic E-state index is 0.333. The van der Waals surface area contributed by atoms with E-state index in [9.17, 15) is 0 Å². The molecule has 2 rings (SSSR count). The predicted octanol–water partition coefficient (Wildman–Crippen LogP) is 1.08. The van der Waals surface area contributed by atoms with Gasteiger partial charge in [0.15, 0.2) is 0 Å². The number of nitrogens with one attached hydrogen (secondary N) is 1. The highest BCUT2D eigenvalue weighted by Crippen LogP contribution is 2.28. The quantitative estimate of drug-likeness (QED) is 0.903. The molecule has 1 N–H and O–H groups in total. The van der Waals surface area contributed by atoms with Crippen LogP contribution in [0.15, 0.2) is 4.60 Å². The molecule has 1 saturated heterocycles. The van der Waals surface area contributed by atoms with Crippen LogP contribution < -0.4 is 5.32 Å². The standard InChI is InChI=1S/C12H21BrN4O/c1-9-15-12(13)11(16(9)3)10(8-14-2)17-4-6-18-7-5-17/h10,14H,4-8H2,1-3H3. The number of aromatic nitrogens is 2. The van der Waals surface area contributed by atoms with E-state index in [4.69, 9.17) is 4.74 Å². The smallest absolute Gasteiger partial charge is 0.129 e. The van der Waals surface area contributed by atoms with Crippen LogP contribution in [0.1, 0.15) is 17.6 Å². The van der Waals surface area contributed by atoms with Crippen LogP contribution in [0, 0.1) is 6.92 Å². The molecule has 6 heteroatoms. The fourth-order valence-electron chi connectivity index (χ4n) is 2.43. The summed E-state index contributed by atoms with van der Waals surface area (Å²) in [5.74, 6) is 1.03. The van der Waals surface area contributed by atoms with E-state index in [-0.39, 0.29) is 0 Å². The normalized spacial score (nSPS) is 19.1.